The van der Waals surface area contributed by atoms with Crippen LogP contribution in [0.15, 0.2) is 76.8 Å². The van der Waals surface area contributed by atoms with Gasteiger partial charge in [-0.25, -0.2) is 18.0 Å². The molecule has 2 aromatic carbocycles. The van der Waals surface area contributed by atoms with Crippen molar-refractivity contribution in [2.75, 3.05) is 37.6 Å². The Morgan fingerprint density at radius 1 is 1.02 bits per heavy atom. The van der Waals surface area contributed by atoms with Gasteiger partial charge in [-0.3, -0.25) is 24.4 Å². The van der Waals surface area contributed by atoms with Gasteiger partial charge in [0.25, 0.3) is 0 Å². The number of Topliss-reactive ketones (excluding diaryl/α,β-unsaturated/α-hetero) is 1. The number of ketones is 1. The number of hydrogen-bond donors (Lipinski definition) is 2. The molecule has 2 N–H and O–H groups in total. The zero-order valence-corrected chi connectivity index (χ0v) is 28.8. The highest BCUT2D eigenvalue weighted by molar-refractivity contribution is 7.89. The number of alkyl halides is 1. The summed E-state index contributed by atoms with van der Waals surface area (Å²) in [6.07, 6.45) is 4.44. The van der Waals surface area contributed by atoms with Crippen LogP contribution in [0.5, 0.6) is 0 Å². The van der Waals surface area contributed by atoms with E-state index in [1.807, 2.05) is 35.2 Å². The minimum Gasteiger partial charge on any atom is -0.465 e. The van der Waals surface area contributed by atoms with E-state index < -0.39 is 45.3 Å². The lowest BCUT2D eigenvalue weighted by Crippen LogP contribution is -2.65. The Bertz CT molecular complexity index is 1780. The van der Waals surface area contributed by atoms with Crippen molar-refractivity contribution in [1.29, 1.82) is 0 Å². The summed E-state index contributed by atoms with van der Waals surface area (Å²) in [5, 5.41) is 12.6. The molecular formula is C34H39ClN6O8S. The maximum Gasteiger partial charge on any atom is 0.409 e. The molecule has 0 spiro atoms. The molecule has 3 saturated heterocycles. The molecule has 4 aliphatic rings. The van der Waals surface area contributed by atoms with E-state index in [1.165, 1.54) is 21.5 Å². The van der Waals surface area contributed by atoms with E-state index in [0.717, 1.165) is 10.5 Å². The molecule has 0 aromatic heterocycles. The fraction of sp³-hybridized carbons (Fsp3) is 0.441. The van der Waals surface area contributed by atoms with Crippen molar-refractivity contribution in [3.05, 3.63) is 72.4 Å². The summed E-state index contributed by atoms with van der Waals surface area (Å²) in [6.45, 7) is 0.612. The van der Waals surface area contributed by atoms with E-state index in [1.54, 1.807) is 30.5 Å². The average molecular weight is 727 g/mol. The second kappa shape index (κ2) is 14.9. The molecule has 0 aliphatic carbocycles. The van der Waals surface area contributed by atoms with Gasteiger partial charge < -0.3 is 20.1 Å². The number of amides is 3. The molecular weight excluding hydrogens is 688 g/mol. The summed E-state index contributed by atoms with van der Waals surface area (Å²) in [5.41, 5.74) is -1.01. The lowest BCUT2D eigenvalue weighted by molar-refractivity contribution is -0.135. The van der Waals surface area contributed by atoms with Crippen molar-refractivity contribution in [3.63, 3.8) is 0 Å². The number of nitrogens with zero attached hydrogens (tertiary/aromatic N) is 5. The molecule has 0 radical (unpaired) electrons. The number of sulfonamides is 1. The van der Waals surface area contributed by atoms with Gasteiger partial charge in [0.2, 0.25) is 15.9 Å². The van der Waals surface area contributed by atoms with E-state index in [4.69, 9.17) is 16.3 Å². The highest BCUT2D eigenvalue weighted by Crippen LogP contribution is 2.36. The van der Waals surface area contributed by atoms with Crippen molar-refractivity contribution in [3.8, 4) is 0 Å². The van der Waals surface area contributed by atoms with Gasteiger partial charge in [-0.15, -0.1) is 0 Å². The standard InChI is InChI=1S/C34H39ClN6O8S/c35-29-12-6-10-27(41(29)33(45)46)31(43)34(13-15-36-16-14-34)38-17-19-39(20-18-38)50(47,48)28-11-5-4-9-26(28)40-22-25(21-30(40)42)37-32(44)49-23-24-7-2-1-3-8-24/h1-5,7-9,11,13,15-16,25,27,29H,6,10,12,14,17-23H2,(H,37,44)(H,45,46)/t25-,27?,29?,34?/m1/s1. The third-order valence-corrected chi connectivity index (χ3v) is 12.1. The van der Waals surface area contributed by atoms with Crippen LogP contribution in [0.1, 0.15) is 37.7 Å². The van der Waals surface area contributed by atoms with Gasteiger partial charge in [0, 0.05) is 58.0 Å². The number of likely N-dealkylation sites (tertiary alicyclic amines) is 1. The van der Waals surface area contributed by atoms with Gasteiger partial charge in [-0.1, -0.05) is 54.1 Å². The van der Waals surface area contributed by atoms with Crippen LogP contribution in [-0.4, -0.2) is 114 Å². The molecule has 3 fully saturated rings. The molecule has 0 bridgehead atoms. The number of hydrogen-bond acceptors (Lipinski definition) is 9. The van der Waals surface area contributed by atoms with Gasteiger partial charge >= 0.3 is 12.2 Å². The maximum atomic E-state index is 14.2. The van der Waals surface area contributed by atoms with Crippen LogP contribution in [0.25, 0.3) is 0 Å². The predicted octanol–water partition coefficient (Wildman–Crippen LogP) is 3.42. The zero-order chi connectivity index (χ0) is 35.5. The second-order valence-corrected chi connectivity index (χ2v) is 15.1. The molecule has 6 rings (SSSR count). The predicted molar refractivity (Wildman–Crippen MR) is 184 cm³/mol. The Morgan fingerprint density at radius 3 is 2.44 bits per heavy atom. The maximum absolute atomic E-state index is 14.2. The number of piperidine rings is 1. The van der Waals surface area contributed by atoms with Crippen LogP contribution < -0.4 is 10.2 Å². The monoisotopic (exact) mass is 726 g/mol. The van der Waals surface area contributed by atoms with Gasteiger partial charge in [0.15, 0.2) is 5.78 Å². The Morgan fingerprint density at radius 2 is 1.74 bits per heavy atom. The van der Waals surface area contributed by atoms with E-state index in [2.05, 4.69) is 10.3 Å². The first-order valence-corrected chi connectivity index (χ1v) is 18.4. The van der Waals surface area contributed by atoms with Crippen molar-refractivity contribution in [2.24, 2.45) is 4.99 Å². The number of piperazine rings is 1. The number of carbonyl (C=O) groups excluding carboxylic acids is 3. The van der Waals surface area contributed by atoms with E-state index in [9.17, 15) is 32.7 Å². The fourth-order valence-electron chi connectivity index (χ4n) is 7.15. The molecule has 4 atom stereocenters. The average Bonchev–Trinajstić information content (AvgIpc) is 3.49. The SMILES string of the molecule is O=C(N[C@@H]1CC(=O)N(c2ccccc2S(=O)(=O)N2CCN(C3(C(=O)C4CCCC(Cl)N4C(=O)O)C=CN=CC3)CC2)C1)OCc1ccccc1. The smallest absolute Gasteiger partial charge is 0.409 e. The number of carbonyl (C=O) groups is 4. The molecule has 3 unspecified atom stereocenters. The van der Waals surface area contributed by atoms with Crippen molar-refractivity contribution < 1.29 is 37.4 Å². The largest absolute Gasteiger partial charge is 0.465 e. The topological polar surface area (TPSA) is 169 Å². The number of aliphatic imine (C=N–C) groups is 1. The van der Waals surface area contributed by atoms with Crippen molar-refractivity contribution in [2.45, 2.75) is 66.7 Å². The van der Waals surface area contributed by atoms with Crippen LogP contribution in [0.2, 0.25) is 0 Å². The molecule has 3 amide bonds. The first-order chi connectivity index (χ1) is 24.0. The minimum absolute atomic E-state index is 0.0226. The number of nitrogens with one attached hydrogen (secondary N) is 1. The third kappa shape index (κ3) is 7.13. The van der Waals surface area contributed by atoms with Crippen LogP contribution in [0, 0.1) is 0 Å². The summed E-state index contributed by atoms with van der Waals surface area (Å²) in [4.78, 5) is 60.4. The summed E-state index contributed by atoms with van der Waals surface area (Å²) >= 11 is 6.36. The summed E-state index contributed by atoms with van der Waals surface area (Å²) < 4.78 is 34.9. The molecule has 14 nitrogen and oxygen atoms in total. The molecule has 4 aliphatic heterocycles. The normalized spacial score (nSPS) is 26.2. The Hall–Kier alpha value is -4.31. The van der Waals surface area contributed by atoms with E-state index in [0.29, 0.717) is 19.3 Å². The number of carboxylic acid groups (broad SMARTS) is 1. The summed E-state index contributed by atoms with van der Waals surface area (Å²) in [7, 11) is -4.11. The van der Waals surface area contributed by atoms with Gasteiger partial charge in [-0.05, 0) is 43.0 Å². The molecule has 4 heterocycles. The Kier molecular flexibility index (Phi) is 10.6. The number of para-hydroxylation sites is 1. The summed E-state index contributed by atoms with van der Waals surface area (Å²) in [5.74, 6) is -0.650. The molecule has 0 saturated carbocycles. The van der Waals surface area contributed by atoms with Crippen molar-refractivity contribution >= 4 is 57.4 Å². The minimum atomic E-state index is -4.11. The van der Waals surface area contributed by atoms with Gasteiger partial charge in [0.05, 0.1) is 17.8 Å². The molecule has 50 heavy (non-hydrogen) atoms. The number of alkyl carbamates (subject to hydrolysis) is 1. The molecule has 266 valence electrons. The Labute approximate surface area is 295 Å². The second-order valence-electron chi connectivity index (χ2n) is 12.7. The zero-order valence-electron chi connectivity index (χ0n) is 27.3. The third-order valence-electron chi connectivity index (χ3n) is 9.69. The van der Waals surface area contributed by atoms with E-state index in [-0.39, 0.29) is 74.4 Å². The lowest BCUT2D eigenvalue weighted by atomic mass is 9.80. The van der Waals surface area contributed by atoms with E-state index >= 15 is 0 Å². The molecule has 2 aromatic rings. The van der Waals surface area contributed by atoms with Crippen LogP contribution in [0.3, 0.4) is 0 Å². The van der Waals surface area contributed by atoms with Gasteiger partial charge in [0.1, 0.15) is 22.5 Å². The van der Waals surface area contributed by atoms with Gasteiger partial charge in [-0.2, -0.15) is 4.31 Å². The highest BCUT2D eigenvalue weighted by atomic mass is 35.5. The number of benzene rings is 2. The number of rotatable bonds is 9. The number of ether oxygens (including phenoxy) is 1. The fourth-order valence-corrected chi connectivity index (χ4v) is 9.13. The highest BCUT2D eigenvalue weighted by Gasteiger charge is 2.50. The lowest BCUT2D eigenvalue weighted by Gasteiger charge is -2.48. The number of halogens is 1. The molecule has 16 heteroatoms. The number of anilines is 1. The quantitative estimate of drug-likeness (QED) is 0.291. The first-order valence-electron chi connectivity index (χ1n) is 16.5. The first kappa shape index (κ1) is 35.5. The summed E-state index contributed by atoms with van der Waals surface area (Å²) in [6, 6.07) is 13.9. The van der Waals surface area contributed by atoms with Crippen LogP contribution >= 0.6 is 11.6 Å². The van der Waals surface area contributed by atoms with Crippen molar-refractivity contribution in [1.82, 2.24) is 19.4 Å². The van der Waals surface area contributed by atoms with Crippen LogP contribution in [-0.2, 0) is 31.0 Å². The van der Waals surface area contributed by atoms with Crippen LogP contribution in [0.4, 0.5) is 15.3 Å². The Balaban J connectivity index is 1.14.